The maximum atomic E-state index is 5.61. The molecule has 3 aromatic heterocycles. The van der Waals surface area contributed by atoms with E-state index in [0.29, 0.717) is 0 Å². The molecule has 4 heteroatoms. The maximum Gasteiger partial charge on any atom is 0.143 e. The third-order valence-electron chi connectivity index (χ3n) is 10.5. The van der Waals surface area contributed by atoms with E-state index in [1.807, 2.05) is 6.20 Å². The van der Waals surface area contributed by atoms with Gasteiger partial charge in [-0.15, -0.1) is 0 Å². The average Bonchev–Trinajstić information content (AvgIpc) is 3.77. The van der Waals surface area contributed by atoms with E-state index in [9.17, 15) is 0 Å². The normalized spacial score (nSPS) is 12.0. The summed E-state index contributed by atoms with van der Waals surface area (Å²) >= 11 is 0. The van der Waals surface area contributed by atoms with E-state index in [2.05, 4.69) is 190 Å². The van der Waals surface area contributed by atoms with Crippen LogP contribution in [0.4, 0.5) is 0 Å². The first-order valence-electron chi connectivity index (χ1n) is 18.5. The van der Waals surface area contributed by atoms with Crippen LogP contribution in [-0.4, -0.2) is 19.5 Å². The minimum atomic E-state index is -0.0404. The number of aromatic nitrogens is 4. The van der Waals surface area contributed by atoms with Gasteiger partial charge in [0, 0.05) is 45.2 Å². The van der Waals surface area contributed by atoms with Crippen LogP contribution < -0.4 is 0 Å². The van der Waals surface area contributed by atoms with Gasteiger partial charge in [-0.2, -0.15) is 0 Å². The molecule has 4 nitrogen and oxygen atoms in total. The summed E-state index contributed by atoms with van der Waals surface area (Å²) in [6.45, 7) is 11.4. The number of nitrogens with one attached hydrogen (secondary N) is 1. The van der Waals surface area contributed by atoms with E-state index in [1.54, 1.807) is 0 Å². The number of rotatable bonds is 6. The Morgan fingerprint density at radius 2 is 1.25 bits per heavy atom. The minimum Gasteiger partial charge on any atom is -0.354 e. The van der Waals surface area contributed by atoms with Gasteiger partial charge in [-0.1, -0.05) is 112 Å². The predicted octanol–water partition coefficient (Wildman–Crippen LogP) is 13.3. The Hall–Kier alpha value is -6.26. The zero-order valence-corrected chi connectivity index (χ0v) is 30.9. The second kappa shape index (κ2) is 12.8. The first-order valence-corrected chi connectivity index (χ1v) is 18.5. The smallest absolute Gasteiger partial charge is 0.143 e. The molecule has 0 spiro atoms. The fourth-order valence-electron chi connectivity index (χ4n) is 7.75. The Kier molecular flexibility index (Phi) is 7.85. The lowest BCUT2D eigenvalue weighted by atomic mass is 9.85. The number of fused-ring (bicyclic) bond motifs is 4. The molecular weight excluding hydrogens is 645 g/mol. The van der Waals surface area contributed by atoms with Gasteiger partial charge in [0.1, 0.15) is 5.82 Å². The Labute approximate surface area is 310 Å². The molecule has 0 saturated heterocycles. The number of hydrogen-bond donors (Lipinski definition) is 1. The third-order valence-corrected chi connectivity index (χ3v) is 10.5. The summed E-state index contributed by atoms with van der Waals surface area (Å²) < 4.78 is 2.42. The molecule has 9 aromatic rings. The molecule has 0 bridgehead atoms. The lowest BCUT2D eigenvalue weighted by Gasteiger charge is -2.21. The summed E-state index contributed by atoms with van der Waals surface area (Å²) in [7, 11) is 0. The number of pyridine rings is 1. The van der Waals surface area contributed by atoms with E-state index in [1.165, 1.54) is 21.9 Å². The molecule has 53 heavy (non-hydrogen) atoms. The van der Waals surface area contributed by atoms with Crippen molar-refractivity contribution in [3.8, 4) is 56.0 Å². The van der Waals surface area contributed by atoms with Crippen LogP contribution in [-0.2, 0) is 5.41 Å². The topological polar surface area (TPSA) is 46.5 Å². The molecule has 0 saturated carbocycles. The number of nitrogens with zero attached hydrogens (tertiary/aromatic N) is 3. The van der Waals surface area contributed by atoms with Gasteiger partial charge < -0.3 is 9.55 Å². The van der Waals surface area contributed by atoms with Crippen LogP contribution in [0.3, 0.4) is 0 Å². The minimum absolute atomic E-state index is 0.0404. The molecule has 258 valence electrons. The van der Waals surface area contributed by atoms with Crippen molar-refractivity contribution in [1.29, 1.82) is 0 Å². The Morgan fingerprint density at radius 3 is 1.98 bits per heavy atom. The van der Waals surface area contributed by atoms with E-state index >= 15 is 0 Å². The van der Waals surface area contributed by atoms with E-state index < -0.39 is 0 Å². The summed E-state index contributed by atoms with van der Waals surface area (Å²) in [5.41, 5.74) is 15.6. The molecule has 0 amide bonds. The van der Waals surface area contributed by atoms with Crippen molar-refractivity contribution < 1.29 is 0 Å². The predicted molar refractivity (Wildman–Crippen MR) is 223 cm³/mol. The summed E-state index contributed by atoms with van der Waals surface area (Å²) in [6, 6.07) is 52.4. The molecule has 9 rings (SSSR count). The van der Waals surface area contributed by atoms with E-state index in [-0.39, 0.29) is 11.5 Å². The van der Waals surface area contributed by atoms with Crippen LogP contribution >= 0.6 is 0 Å². The highest BCUT2D eigenvalue weighted by Crippen LogP contribution is 2.42. The Bertz CT molecular complexity index is 2780. The van der Waals surface area contributed by atoms with Crippen molar-refractivity contribution in [2.75, 3.05) is 0 Å². The maximum absolute atomic E-state index is 5.61. The molecular formula is C49H42N4. The Balaban J connectivity index is 1.29. The van der Waals surface area contributed by atoms with Crippen molar-refractivity contribution in [3.63, 3.8) is 0 Å². The molecule has 1 N–H and O–H groups in total. The summed E-state index contributed by atoms with van der Waals surface area (Å²) in [5.74, 6) is 0.974. The first-order chi connectivity index (χ1) is 25.7. The SMILES string of the molecule is CC(C)n1c(-c2cc(C(C)(C)C)cc3c2[nH]c2ccccc23)nc2c(-c3cc(-c4ccccc4)cc(-c4cc(-c5ccccc5)ccn4)c3)cccc21. The van der Waals surface area contributed by atoms with Gasteiger partial charge in [-0.3, -0.25) is 4.98 Å². The fourth-order valence-corrected chi connectivity index (χ4v) is 7.75. The Morgan fingerprint density at radius 1 is 0.566 bits per heavy atom. The van der Waals surface area contributed by atoms with Crippen molar-refractivity contribution in [2.24, 2.45) is 0 Å². The lowest BCUT2D eigenvalue weighted by molar-refractivity contribution is 0.591. The van der Waals surface area contributed by atoms with Crippen LogP contribution in [0.15, 0.2) is 152 Å². The van der Waals surface area contributed by atoms with Gasteiger partial charge in [-0.25, -0.2) is 4.98 Å². The van der Waals surface area contributed by atoms with Gasteiger partial charge in [-0.05, 0) is 107 Å². The van der Waals surface area contributed by atoms with Crippen molar-refractivity contribution >= 4 is 32.8 Å². The number of aromatic amines is 1. The molecule has 0 radical (unpaired) electrons. The quantitative estimate of drug-likeness (QED) is 0.189. The molecule has 0 fully saturated rings. The highest BCUT2D eigenvalue weighted by molar-refractivity contribution is 6.12. The molecule has 3 heterocycles. The molecule has 0 aliphatic rings. The second-order valence-corrected chi connectivity index (χ2v) is 15.4. The second-order valence-electron chi connectivity index (χ2n) is 15.4. The summed E-state index contributed by atoms with van der Waals surface area (Å²) in [5, 5.41) is 2.47. The highest BCUT2D eigenvalue weighted by atomic mass is 15.1. The lowest BCUT2D eigenvalue weighted by Crippen LogP contribution is -2.11. The van der Waals surface area contributed by atoms with Gasteiger partial charge in [0.2, 0.25) is 0 Å². The fraction of sp³-hybridized carbons (Fsp3) is 0.143. The van der Waals surface area contributed by atoms with Crippen molar-refractivity contribution in [1.82, 2.24) is 19.5 Å². The van der Waals surface area contributed by atoms with E-state index in [4.69, 9.17) is 9.97 Å². The largest absolute Gasteiger partial charge is 0.354 e. The van der Waals surface area contributed by atoms with Gasteiger partial charge in [0.05, 0.1) is 22.2 Å². The van der Waals surface area contributed by atoms with Crippen LogP contribution in [0, 0.1) is 0 Å². The van der Waals surface area contributed by atoms with Crippen LogP contribution in [0.2, 0.25) is 0 Å². The van der Waals surface area contributed by atoms with Gasteiger partial charge >= 0.3 is 0 Å². The number of para-hydroxylation sites is 2. The molecule has 0 aliphatic heterocycles. The monoisotopic (exact) mass is 686 g/mol. The van der Waals surface area contributed by atoms with E-state index in [0.717, 1.165) is 72.5 Å². The molecule has 0 aliphatic carbocycles. The number of hydrogen-bond acceptors (Lipinski definition) is 2. The summed E-state index contributed by atoms with van der Waals surface area (Å²) in [4.78, 5) is 14.3. The van der Waals surface area contributed by atoms with Crippen LogP contribution in [0.25, 0.3) is 88.9 Å². The third kappa shape index (κ3) is 5.81. The van der Waals surface area contributed by atoms with Gasteiger partial charge in [0.25, 0.3) is 0 Å². The molecule has 0 unspecified atom stereocenters. The number of benzene rings is 6. The standard InChI is InChI=1S/C49H42N4/c1-31(2)53-45-22-14-20-39(47(45)52-48(53)42-30-38(49(3,4)5)29-41-40-19-12-13-21-43(40)51-46(41)42)36-25-35(33-17-10-7-11-18-33)26-37(27-36)44-28-34(23-24-50-44)32-15-8-6-9-16-32/h6-31,51H,1-5H3. The van der Waals surface area contributed by atoms with Crippen molar-refractivity contribution in [3.05, 3.63) is 157 Å². The van der Waals surface area contributed by atoms with Crippen LogP contribution in [0.5, 0.6) is 0 Å². The zero-order valence-electron chi connectivity index (χ0n) is 30.9. The number of H-pyrrole nitrogens is 1. The first kappa shape index (κ1) is 32.6. The van der Waals surface area contributed by atoms with Crippen LogP contribution in [0.1, 0.15) is 46.2 Å². The average molecular weight is 687 g/mol. The molecule has 6 aromatic carbocycles. The van der Waals surface area contributed by atoms with Crippen molar-refractivity contribution in [2.45, 2.75) is 46.1 Å². The molecule has 0 atom stereocenters. The zero-order chi connectivity index (χ0) is 36.3. The summed E-state index contributed by atoms with van der Waals surface area (Å²) in [6.07, 6.45) is 1.92. The number of imidazole rings is 1. The van der Waals surface area contributed by atoms with Gasteiger partial charge in [0.15, 0.2) is 0 Å². The highest BCUT2D eigenvalue weighted by Gasteiger charge is 2.24.